The third-order valence-electron chi connectivity index (χ3n) is 4.21. The maximum absolute atomic E-state index is 12.6. The van der Waals surface area contributed by atoms with Gasteiger partial charge in [-0.1, -0.05) is 13.8 Å². The van der Waals surface area contributed by atoms with Crippen LogP contribution in [0.25, 0.3) is 0 Å². The first kappa shape index (κ1) is 23.4. The standard InChI is InChI=1S/C20H26N2O7S/c1-4-21(5-2)30(25,26)18-11-12-20(19(15-18)22(23)24)29-14-13-28-17-9-7-16(8-10-17)27-6-3/h7-12,15H,4-6,13-14H2,1-3H3. The lowest BCUT2D eigenvalue weighted by molar-refractivity contribution is -0.386. The number of rotatable bonds is 12. The molecule has 0 saturated carbocycles. The number of hydrogen-bond acceptors (Lipinski definition) is 7. The first-order chi connectivity index (χ1) is 14.3. The zero-order chi connectivity index (χ0) is 22.1. The summed E-state index contributed by atoms with van der Waals surface area (Å²) < 4.78 is 42.8. The van der Waals surface area contributed by atoms with Gasteiger partial charge in [-0.05, 0) is 43.3 Å². The summed E-state index contributed by atoms with van der Waals surface area (Å²) in [6.45, 7) is 6.63. The number of nitrogens with zero attached hydrogens (tertiary/aromatic N) is 2. The highest BCUT2D eigenvalue weighted by Gasteiger charge is 2.26. The second kappa shape index (κ2) is 10.8. The number of hydrogen-bond donors (Lipinski definition) is 0. The van der Waals surface area contributed by atoms with E-state index in [1.807, 2.05) is 6.92 Å². The second-order valence-corrected chi connectivity index (χ2v) is 8.02. The molecule has 0 aliphatic rings. The number of ether oxygens (including phenoxy) is 3. The molecule has 0 atom stereocenters. The van der Waals surface area contributed by atoms with Crippen LogP contribution in [0, 0.1) is 10.1 Å². The smallest absolute Gasteiger partial charge is 0.312 e. The van der Waals surface area contributed by atoms with Crippen LogP contribution >= 0.6 is 0 Å². The maximum atomic E-state index is 12.6. The van der Waals surface area contributed by atoms with Crippen molar-refractivity contribution in [2.24, 2.45) is 0 Å². The third kappa shape index (κ3) is 5.83. The molecule has 0 radical (unpaired) electrons. The van der Waals surface area contributed by atoms with Crippen molar-refractivity contribution >= 4 is 15.7 Å². The molecule has 164 valence electrons. The van der Waals surface area contributed by atoms with Crippen molar-refractivity contribution in [1.29, 1.82) is 0 Å². The van der Waals surface area contributed by atoms with Gasteiger partial charge in [-0.15, -0.1) is 0 Å². The molecule has 0 amide bonds. The highest BCUT2D eigenvalue weighted by molar-refractivity contribution is 7.89. The van der Waals surface area contributed by atoms with Crippen LogP contribution < -0.4 is 14.2 Å². The molecule has 10 heteroatoms. The fraction of sp³-hybridized carbons (Fsp3) is 0.400. The maximum Gasteiger partial charge on any atom is 0.312 e. The Kier molecular flexibility index (Phi) is 8.43. The van der Waals surface area contributed by atoms with Gasteiger partial charge in [0.15, 0.2) is 5.75 Å². The van der Waals surface area contributed by atoms with E-state index in [0.717, 1.165) is 11.8 Å². The van der Waals surface area contributed by atoms with Crippen LogP contribution in [0.3, 0.4) is 0 Å². The highest BCUT2D eigenvalue weighted by atomic mass is 32.2. The van der Waals surface area contributed by atoms with Gasteiger partial charge < -0.3 is 14.2 Å². The van der Waals surface area contributed by atoms with Crippen LogP contribution in [0.15, 0.2) is 47.4 Å². The minimum Gasteiger partial charge on any atom is -0.494 e. The van der Waals surface area contributed by atoms with Crippen LogP contribution in [-0.4, -0.2) is 50.6 Å². The number of nitro groups is 1. The summed E-state index contributed by atoms with van der Waals surface area (Å²) in [5.41, 5.74) is -0.413. The van der Waals surface area contributed by atoms with Crippen molar-refractivity contribution < 1.29 is 27.6 Å². The molecule has 2 rings (SSSR count). The Balaban J connectivity index is 2.04. The van der Waals surface area contributed by atoms with E-state index in [2.05, 4.69) is 0 Å². The molecule has 0 aromatic heterocycles. The van der Waals surface area contributed by atoms with Gasteiger partial charge in [0.1, 0.15) is 24.7 Å². The van der Waals surface area contributed by atoms with E-state index in [9.17, 15) is 18.5 Å². The topological polar surface area (TPSA) is 108 Å². The Hall–Kier alpha value is -2.85. The van der Waals surface area contributed by atoms with E-state index in [1.54, 1.807) is 38.1 Å². The van der Waals surface area contributed by atoms with E-state index in [4.69, 9.17) is 14.2 Å². The second-order valence-electron chi connectivity index (χ2n) is 6.08. The third-order valence-corrected chi connectivity index (χ3v) is 6.26. The summed E-state index contributed by atoms with van der Waals surface area (Å²) in [7, 11) is -3.80. The summed E-state index contributed by atoms with van der Waals surface area (Å²) in [6.07, 6.45) is 0. The van der Waals surface area contributed by atoms with Crippen molar-refractivity contribution in [3.8, 4) is 17.2 Å². The SMILES string of the molecule is CCOc1ccc(OCCOc2ccc(S(=O)(=O)N(CC)CC)cc2[N+](=O)[O-])cc1. The number of benzene rings is 2. The van der Waals surface area contributed by atoms with Crippen LogP contribution in [0.4, 0.5) is 5.69 Å². The number of nitro benzene ring substituents is 1. The molecular weight excluding hydrogens is 412 g/mol. The molecule has 0 fully saturated rings. The quantitative estimate of drug-likeness (QED) is 0.283. The molecule has 0 saturated heterocycles. The number of sulfonamides is 1. The Bertz CT molecular complexity index is 942. The Morgan fingerprint density at radius 1 is 0.900 bits per heavy atom. The zero-order valence-electron chi connectivity index (χ0n) is 17.2. The lowest BCUT2D eigenvalue weighted by Crippen LogP contribution is -2.30. The monoisotopic (exact) mass is 438 g/mol. The summed E-state index contributed by atoms with van der Waals surface area (Å²) in [5.74, 6) is 1.32. The largest absolute Gasteiger partial charge is 0.494 e. The van der Waals surface area contributed by atoms with Gasteiger partial charge in [0.2, 0.25) is 10.0 Å². The van der Waals surface area contributed by atoms with E-state index in [-0.39, 0.29) is 36.9 Å². The molecule has 0 spiro atoms. The van der Waals surface area contributed by atoms with E-state index in [1.165, 1.54) is 16.4 Å². The predicted molar refractivity (Wildman–Crippen MR) is 112 cm³/mol. The molecule has 0 aliphatic carbocycles. The average molecular weight is 439 g/mol. The van der Waals surface area contributed by atoms with Gasteiger partial charge in [0.05, 0.1) is 16.4 Å². The normalized spacial score (nSPS) is 11.3. The minimum absolute atomic E-state index is 0.0196. The van der Waals surface area contributed by atoms with E-state index >= 15 is 0 Å². The van der Waals surface area contributed by atoms with Gasteiger partial charge >= 0.3 is 5.69 Å². The summed E-state index contributed by atoms with van der Waals surface area (Å²) in [5, 5.41) is 11.4. The molecule has 0 heterocycles. The van der Waals surface area contributed by atoms with Gasteiger partial charge in [-0.2, -0.15) is 4.31 Å². The average Bonchev–Trinajstić information content (AvgIpc) is 2.73. The van der Waals surface area contributed by atoms with Crippen molar-refractivity contribution in [1.82, 2.24) is 4.31 Å². The molecule has 0 bridgehead atoms. The van der Waals surface area contributed by atoms with Crippen LogP contribution in [0.2, 0.25) is 0 Å². The molecule has 2 aromatic carbocycles. The van der Waals surface area contributed by atoms with Crippen molar-refractivity contribution in [3.63, 3.8) is 0 Å². The molecule has 30 heavy (non-hydrogen) atoms. The van der Waals surface area contributed by atoms with Crippen LogP contribution in [-0.2, 0) is 10.0 Å². The van der Waals surface area contributed by atoms with Gasteiger partial charge in [0, 0.05) is 19.2 Å². The van der Waals surface area contributed by atoms with Crippen molar-refractivity contribution in [3.05, 3.63) is 52.6 Å². The molecular formula is C20H26N2O7S. The Morgan fingerprint density at radius 2 is 1.47 bits per heavy atom. The van der Waals surface area contributed by atoms with Gasteiger partial charge in [0.25, 0.3) is 0 Å². The zero-order valence-corrected chi connectivity index (χ0v) is 18.1. The summed E-state index contributed by atoms with van der Waals surface area (Å²) in [4.78, 5) is 10.6. The van der Waals surface area contributed by atoms with Crippen molar-refractivity contribution in [2.45, 2.75) is 25.7 Å². The molecule has 0 N–H and O–H groups in total. The first-order valence-corrected chi connectivity index (χ1v) is 11.0. The Labute approximate surface area is 176 Å². The summed E-state index contributed by atoms with van der Waals surface area (Å²) >= 11 is 0. The highest BCUT2D eigenvalue weighted by Crippen LogP contribution is 2.31. The van der Waals surface area contributed by atoms with Crippen molar-refractivity contribution in [2.75, 3.05) is 32.9 Å². The molecule has 9 nitrogen and oxygen atoms in total. The lowest BCUT2D eigenvalue weighted by atomic mass is 10.3. The summed E-state index contributed by atoms with van der Waals surface area (Å²) in [6, 6.07) is 10.7. The van der Waals surface area contributed by atoms with Crippen LogP contribution in [0.1, 0.15) is 20.8 Å². The minimum atomic E-state index is -3.80. The predicted octanol–water partition coefficient (Wildman–Crippen LogP) is 3.48. The molecule has 0 aliphatic heterocycles. The fourth-order valence-corrected chi connectivity index (χ4v) is 4.22. The van der Waals surface area contributed by atoms with Gasteiger partial charge in [-0.25, -0.2) is 8.42 Å². The first-order valence-electron chi connectivity index (χ1n) is 9.60. The molecule has 0 unspecified atom stereocenters. The Morgan fingerprint density at radius 3 is 2.00 bits per heavy atom. The van der Waals surface area contributed by atoms with E-state index in [0.29, 0.717) is 12.4 Å². The lowest BCUT2D eigenvalue weighted by Gasteiger charge is -2.18. The fourth-order valence-electron chi connectivity index (χ4n) is 2.74. The molecule has 2 aromatic rings. The van der Waals surface area contributed by atoms with Gasteiger partial charge in [-0.3, -0.25) is 10.1 Å². The van der Waals surface area contributed by atoms with Crippen LogP contribution in [0.5, 0.6) is 17.2 Å². The van der Waals surface area contributed by atoms with E-state index < -0.39 is 20.6 Å².